The van der Waals surface area contributed by atoms with Crippen LogP contribution in [0.5, 0.6) is 0 Å². The Balaban J connectivity index is 1.32. The van der Waals surface area contributed by atoms with Crippen LogP contribution in [0.25, 0.3) is 0 Å². The lowest BCUT2D eigenvalue weighted by atomic mass is 9.89. The predicted octanol–water partition coefficient (Wildman–Crippen LogP) is 1.71. The van der Waals surface area contributed by atoms with Crippen molar-refractivity contribution in [1.29, 1.82) is 0 Å². The van der Waals surface area contributed by atoms with Gasteiger partial charge in [0.05, 0.1) is 5.25 Å². The smallest absolute Gasteiger partial charge is 0.251 e. The van der Waals surface area contributed by atoms with Crippen LogP contribution in [0.3, 0.4) is 0 Å². The molecule has 3 saturated heterocycles. The third-order valence-electron chi connectivity index (χ3n) is 8.63. The van der Waals surface area contributed by atoms with Gasteiger partial charge in [0, 0.05) is 29.2 Å². The van der Waals surface area contributed by atoms with Crippen LogP contribution in [0, 0.1) is 5.92 Å². The number of carbonyl (C=O) groups is 3. The number of fused-ring (bicyclic) bond motifs is 1. The lowest BCUT2D eigenvalue weighted by Crippen LogP contribution is -2.54. The molecule has 36 heavy (non-hydrogen) atoms. The third-order valence-corrected chi connectivity index (χ3v) is 9.90. The molecule has 3 heterocycles. The van der Waals surface area contributed by atoms with Crippen LogP contribution in [0.2, 0.25) is 0 Å². The number of nitrogens with zero attached hydrogens (tertiary/aromatic N) is 2. The maximum Gasteiger partial charge on any atom is 0.251 e. The summed E-state index contributed by atoms with van der Waals surface area (Å²) in [7, 11) is 0.917. The molecule has 2 amide bonds. The number of ether oxygens (including phenoxy) is 1. The molecule has 0 bridgehead atoms. The number of Topliss-reactive ketones (excluding diaryl/α,β-unsaturated/α-hetero) is 1. The van der Waals surface area contributed by atoms with Crippen molar-refractivity contribution in [2.75, 3.05) is 39.5 Å². The minimum absolute atomic E-state index is 0.0296. The van der Waals surface area contributed by atoms with E-state index in [4.69, 9.17) is 4.74 Å². The van der Waals surface area contributed by atoms with Gasteiger partial charge in [0.25, 0.3) is 5.91 Å². The monoisotopic (exact) mass is 515 g/mol. The Morgan fingerprint density at radius 1 is 1.08 bits per heavy atom. The van der Waals surface area contributed by atoms with Gasteiger partial charge in [-0.25, -0.2) is 0 Å². The van der Waals surface area contributed by atoms with Crippen molar-refractivity contribution in [3.05, 3.63) is 35.4 Å². The second-order valence-corrected chi connectivity index (χ2v) is 12.5. The standard InChI is InChI=1S/C27H37N3O5S/c1-29-13-11-18(12-14-29)17-7-9-20(10-8-17)26(32)28-23(19-5-3-4-6-19)27(33)30-15-22(36(2)34)25-24(30)21(31)16-35-25/h7-10,18-19,22-25H,3-6,11-16H2,1-2H3,(H,28,32)/t22-,23-,24+,25+,36?/m0/s1. The molecule has 0 aromatic heterocycles. The van der Waals surface area contributed by atoms with Gasteiger partial charge in [-0.1, -0.05) is 25.0 Å². The highest BCUT2D eigenvalue weighted by Gasteiger charge is 2.55. The van der Waals surface area contributed by atoms with E-state index in [1.807, 2.05) is 24.3 Å². The van der Waals surface area contributed by atoms with E-state index in [1.54, 1.807) is 11.2 Å². The number of benzene rings is 1. The van der Waals surface area contributed by atoms with Gasteiger partial charge in [0.15, 0.2) is 5.78 Å². The largest absolute Gasteiger partial charge is 0.366 e. The molecule has 9 heteroatoms. The van der Waals surface area contributed by atoms with Gasteiger partial charge in [-0.3, -0.25) is 18.6 Å². The van der Waals surface area contributed by atoms with E-state index in [9.17, 15) is 18.6 Å². The summed E-state index contributed by atoms with van der Waals surface area (Å²) in [6.45, 7) is 2.32. The summed E-state index contributed by atoms with van der Waals surface area (Å²) in [5.74, 6) is -0.128. The molecular formula is C27H37N3O5S. The Morgan fingerprint density at radius 2 is 1.75 bits per heavy atom. The third kappa shape index (κ3) is 5.02. The molecule has 4 fully saturated rings. The van der Waals surface area contributed by atoms with E-state index in [-0.39, 0.29) is 36.7 Å². The van der Waals surface area contributed by atoms with Gasteiger partial charge in [0.2, 0.25) is 5.91 Å². The van der Waals surface area contributed by atoms with Crippen LogP contribution in [0.1, 0.15) is 60.4 Å². The fourth-order valence-electron chi connectivity index (χ4n) is 6.46. The number of hydrogen-bond donors (Lipinski definition) is 1. The second kappa shape index (κ2) is 10.7. The van der Waals surface area contributed by atoms with E-state index >= 15 is 0 Å². The van der Waals surface area contributed by atoms with E-state index in [1.165, 1.54) is 5.56 Å². The van der Waals surface area contributed by atoms with Crippen LogP contribution < -0.4 is 5.32 Å². The first kappa shape index (κ1) is 25.5. The van der Waals surface area contributed by atoms with Crippen molar-refractivity contribution in [2.24, 2.45) is 5.92 Å². The molecule has 1 aliphatic carbocycles. The molecule has 1 unspecified atom stereocenters. The number of piperidine rings is 1. The van der Waals surface area contributed by atoms with Crippen molar-refractivity contribution in [2.45, 2.75) is 67.9 Å². The van der Waals surface area contributed by atoms with E-state index < -0.39 is 34.2 Å². The molecule has 3 aliphatic heterocycles. The van der Waals surface area contributed by atoms with Gasteiger partial charge in [0.1, 0.15) is 24.8 Å². The number of carbonyl (C=O) groups excluding carboxylic acids is 3. The maximum atomic E-state index is 13.8. The quantitative estimate of drug-likeness (QED) is 0.620. The Hall–Kier alpha value is -2.10. The van der Waals surface area contributed by atoms with Gasteiger partial charge in [-0.15, -0.1) is 0 Å². The minimum Gasteiger partial charge on any atom is -0.366 e. The van der Waals surface area contributed by atoms with Crippen LogP contribution in [0.4, 0.5) is 0 Å². The molecule has 0 radical (unpaired) electrons. The molecular weight excluding hydrogens is 478 g/mol. The predicted molar refractivity (Wildman–Crippen MR) is 137 cm³/mol. The van der Waals surface area contributed by atoms with Crippen molar-refractivity contribution in [3.63, 3.8) is 0 Å². The molecule has 5 atom stereocenters. The van der Waals surface area contributed by atoms with Crippen LogP contribution in [0.15, 0.2) is 24.3 Å². The maximum absolute atomic E-state index is 13.8. The average molecular weight is 516 g/mol. The lowest BCUT2D eigenvalue weighted by Gasteiger charge is -2.31. The highest BCUT2D eigenvalue weighted by atomic mass is 32.2. The van der Waals surface area contributed by atoms with Crippen molar-refractivity contribution >= 4 is 28.4 Å². The molecule has 0 spiro atoms. The van der Waals surface area contributed by atoms with Gasteiger partial charge in [-0.05, 0) is 75.4 Å². The highest BCUT2D eigenvalue weighted by molar-refractivity contribution is 7.85. The SMILES string of the molecule is CN1CCC(c2ccc(C(=O)N[C@H](C(=O)N3C[C@H](S(C)=O)[C@H]4OCC(=O)[C@H]43)C3CCCC3)cc2)CC1. The number of ketones is 1. The summed E-state index contributed by atoms with van der Waals surface area (Å²) >= 11 is 0. The Morgan fingerprint density at radius 3 is 2.39 bits per heavy atom. The van der Waals surface area contributed by atoms with Gasteiger partial charge < -0.3 is 19.9 Å². The van der Waals surface area contributed by atoms with Crippen molar-refractivity contribution in [1.82, 2.24) is 15.1 Å². The molecule has 1 aromatic carbocycles. The van der Waals surface area contributed by atoms with Crippen LogP contribution >= 0.6 is 0 Å². The summed E-state index contributed by atoms with van der Waals surface area (Å²) in [6.07, 6.45) is 7.06. The molecule has 1 saturated carbocycles. The average Bonchev–Trinajstić information content (AvgIpc) is 3.62. The lowest BCUT2D eigenvalue weighted by molar-refractivity contribution is -0.139. The fraction of sp³-hybridized carbons (Fsp3) is 0.667. The first-order valence-electron chi connectivity index (χ1n) is 13.2. The summed E-state index contributed by atoms with van der Waals surface area (Å²) in [5, 5.41) is 2.64. The summed E-state index contributed by atoms with van der Waals surface area (Å²) in [6, 6.07) is 6.38. The molecule has 196 valence electrons. The summed E-state index contributed by atoms with van der Waals surface area (Å²) in [5.41, 5.74) is 1.79. The first-order chi connectivity index (χ1) is 17.3. The van der Waals surface area contributed by atoms with E-state index in [2.05, 4.69) is 17.3 Å². The van der Waals surface area contributed by atoms with Gasteiger partial charge in [-0.2, -0.15) is 0 Å². The molecule has 8 nitrogen and oxygen atoms in total. The first-order valence-corrected chi connectivity index (χ1v) is 14.8. The van der Waals surface area contributed by atoms with Gasteiger partial charge >= 0.3 is 0 Å². The zero-order valence-corrected chi connectivity index (χ0v) is 22.0. The van der Waals surface area contributed by atoms with Crippen LogP contribution in [-0.4, -0.2) is 94.6 Å². The number of nitrogens with one attached hydrogen (secondary N) is 1. The topological polar surface area (TPSA) is 96.0 Å². The fourth-order valence-corrected chi connectivity index (χ4v) is 7.43. The van der Waals surface area contributed by atoms with E-state index in [0.29, 0.717) is 11.5 Å². The molecule has 1 aromatic rings. The second-order valence-electron chi connectivity index (χ2n) is 10.9. The minimum atomic E-state index is -1.23. The number of likely N-dealkylation sites (tertiary alicyclic amines) is 2. The number of hydrogen-bond acceptors (Lipinski definition) is 6. The highest BCUT2D eigenvalue weighted by Crippen LogP contribution is 2.34. The summed E-state index contributed by atoms with van der Waals surface area (Å²) in [4.78, 5) is 43.6. The molecule has 5 rings (SSSR count). The van der Waals surface area contributed by atoms with Crippen molar-refractivity contribution in [3.8, 4) is 0 Å². The zero-order valence-electron chi connectivity index (χ0n) is 21.2. The Bertz CT molecular complexity index is 1020. The normalized spacial score (nSPS) is 29.3. The summed E-state index contributed by atoms with van der Waals surface area (Å²) < 4.78 is 18.0. The Labute approximate surface area is 215 Å². The molecule has 4 aliphatic rings. The number of rotatable bonds is 6. The van der Waals surface area contributed by atoms with E-state index in [0.717, 1.165) is 51.6 Å². The Kier molecular flexibility index (Phi) is 7.60. The molecule has 1 N–H and O–H groups in total. The van der Waals surface area contributed by atoms with Crippen LogP contribution in [-0.2, 0) is 25.1 Å². The zero-order chi connectivity index (χ0) is 25.4. The van der Waals surface area contributed by atoms with Crippen molar-refractivity contribution < 1.29 is 23.3 Å². The number of amides is 2.